The van der Waals surface area contributed by atoms with Crippen LogP contribution in [-0.2, 0) is 16.0 Å². The van der Waals surface area contributed by atoms with Crippen LogP contribution in [0.3, 0.4) is 0 Å². The minimum Gasteiger partial charge on any atom is -0.369 e. The zero-order chi connectivity index (χ0) is 19.6. The molecule has 146 valence electrons. The second-order valence-corrected chi connectivity index (χ2v) is 7.65. The highest BCUT2D eigenvalue weighted by Gasteiger charge is 2.34. The predicted octanol–water partition coefficient (Wildman–Crippen LogP) is 3.74. The zero-order valence-electron chi connectivity index (χ0n) is 16.9. The molecule has 3 rings (SSSR count). The lowest BCUT2D eigenvalue weighted by Crippen LogP contribution is -2.49. The van der Waals surface area contributed by atoms with Crippen molar-refractivity contribution in [3.63, 3.8) is 0 Å². The van der Waals surface area contributed by atoms with Crippen LogP contribution in [0.25, 0.3) is 11.3 Å². The van der Waals surface area contributed by atoms with Gasteiger partial charge in [-0.2, -0.15) is 0 Å². The van der Waals surface area contributed by atoms with E-state index in [-0.39, 0.29) is 5.91 Å². The number of pyridine rings is 1. The average Bonchev–Trinajstić information content (AvgIpc) is 3.08. The number of likely N-dealkylation sites (tertiary alicyclic amines) is 1. The Morgan fingerprint density at radius 2 is 2.04 bits per heavy atom. The summed E-state index contributed by atoms with van der Waals surface area (Å²) in [6.07, 6.45) is 2.61. The van der Waals surface area contributed by atoms with Crippen molar-refractivity contribution in [2.45, 2.75) is 58.5 Å². The summed E-state index contributed by atoms with van der Waals surface area (Å²) < 4.78 is 10.8. The van der Waals surface area contributed by atoms with Crippen LogP contribution >= 0.6 is 0 Å². The largest absolute Gasteiger partial charge is 0.369 e. The molecule has 2 aromatic rings. The first-order valence-corrected chi connectivity index (χ1v) is 9.64. The molecule has 0 N–H and O–H groups in total. The summed E-state index contributed by atoms with van der Waals surface area (Å²) in [7, 11) is 1.58. The Labute approximate surface area is 160 Å². The fraction of sp³-hybridized carbons (Fsp3) is 0.571. The highest BCUT2D eigenvalue weighted by Crippen LogP contribution is 2.31. The smallest absolute Gasteiger partial charge is 0.254 e. The number of hydrogen-bond acceptors (Lipinski definition) is 5. The molecular weight excluding hydrogens is 342 g/mol. The SMILES string of the molecule is CCc1onc(C)c1-c1cccc(C2CCN(C(=O)C(C)(C)OC)CC2)n1. The van der Waals surface area contributed by atoms with E-state index in [2.05, 4.69) is 24.2 Å². The number of hydrogen-bond donors (Lipinski definition) is 0. The summed E-state index contributed by atoms with van der Waals surface area (Å²) in [5.74, 6) is 1.28. The summed E-state index contributed by atoms with van der Waals surface area (Å²) in [5.41, 5.74) is 3.11. The van der Waals surface area contributed by atoms with Gasteiger partial charge in [0.25, 0.3) is 5.91 Å². The van der Waals surface area contributed by atoms with E-state index in [1.807, 2.05) is 31.7 Å². The van der Waals surface area contributed by atoms with E-state index >= 15 is 0 Å². The predicted molar refractivity (Wildman–Crippen MR) is 103 cm³/mol. The van der Waals surface area contributed by atoms with E-state index in [1.54, 1.807) is 7.11 Å². The minimum absolute atomic E-state index is 0.0536. The molecule has 27 heavy (non-hydrogen) atoms. The van der Waals surface area contributed by atoms with Crippen LogP contribution in [0.15, 0.2) is 22.7 Å². The molecule has 0 aliphatic carbocycles. The van der Waals surface area contributed by atoms with Gasteiger partial charge in [-0.15, -0.1) is 0 Å². The Morgan fingerprint density at radius 1 is 1.33 bits per heavy atom. The van der Waals surface area contributed by atoms with Crippen molar-refractivity contribution in [1.82, 2.24) is 15.0 Å². The van der Waals surface area contributed by atoms with Gasteiger partial charge >= 0.3 is 0 Å². The lowest BCUT2D eigenvalue weighted by molar-refractivity contribution is -0.152. The number of aryl methyl sites for hydroxylation is 2. The molecule has 1 aliphatic rings. The summed E-state index contributed by atoms with van der Waals surface area (Å²) >= 11 is 0. The van der Waals surface area contributed by atoms with Crippen molar-refractivity contribution in [1.29, 1.82) is 0 Å². The van der Waals surface area contributed by atoms with Crippen LogP contribution in [0, 0.1) is 6.92 Å². The molecule has 0 radical (unpaired) electrons. The molecule has 0 bridgehead atoms. The van der Waals surface area contributed by atoms with Crippen LogP contribution in [0.4, 0.5) is 0 Å². The fourth-order valence-electron chi connectivity index (χ4n) is 3.65. The van der Waals surface area contributed by atoms with E-state index < -0.39 is 5.60 Å². The van der Waals surface area contributed by atoms with Gasteiger partial charge in [0.15, 0.2) is 0 Å². The highest BCUT2D eigenvalue weighted by atomic mass is 16.5. The summed E-state index contributed by atoms with van der Waals surface area (Å²) in [6.45, 7) is 9.11. The number of ether oxygens (including phenoxy) is 1. The first kappa shape index (κ1) is 19.5. The van der Waals surface area contributed by atoms with Gasteiger partial charge in [0.2, 0.25) is 0 Å². The second-order valence-electron chi connectivity index (χ2n) is 7.65. The molecule has 1 amide bonds. The maximum Gasteiger partial charge on any atom is 0.254 e. The van der Waals surface area contributed by atoms with Gasteiger partial charge in [0, 0.05) is 38.2 Å². The van der Waals surface area contributed by atoms with Gasteiger partial charge in [-0.1, -0.05) is 18.1 Å². The maximum atomic E-state index is 12.6. The van der Waals surface area contributed by atoms with Crippen molar-refractivity contribution >= 4 is 5.91 Å². The molecule has 1 aliphatic heterocycles. The van der Waals surface area contributed by atoms with Gasteiger partial charge < -0.3 is 14.2 Å². The molecule has 6 nitrogen and oxygen atoms in total. The van der Waals surface area contributed by atoms with Crippen LogP contribution in [0.5, 0.6) is 0 Å². The molecule has 1 saturated heterocycles. The number of aromatic nitrogens is 2. The second kappa shape index (κ2) is 7.80. The van der Waals surface area contributed by atoms with Crippen LogP contribution in [0.2, 0.25) is 0 Å². The lowest BCUT2D eigenvalue weighted by atomic mass is 9.91. The molecule has 1 fully saturated rings. The Kier molecular flexibility index (Phi) is 5.65. The van der Waals surface area contributed by atoms with E-state index in [1.165, 1.54) is 0 Å². The topological polar surface area (TPSA) is 68.5 Å². The van der Waals surface area contributed by atoms with Crippen molar-refractivity contribution < 1.29 is 14.1 Å². The number of rotatable bonds is 5. The molecule has 6 heteroatoms. The summed E-state index contributed by atoms with van der Waals surface area (Å²) in [4.78, 5) is 19.4. The van der Waals surface area contributed by atoms with Crippen molar-refractivity contribution in [3.05, 3.63) is 35.3 Å². The average molecular weight is 371 g/mol. The Morgan fingerprint density at radius 3 is 2.67 bits per heavy atom. The third-order valence-electron chi connectivity index (χ3n) is 5.51. The van der Waals surface area contributed by atoms with E-state index in [4.69, 9.17) is 14.2 Å². The maximum absolute atomic E-state index is 12.6. The lowest BCUT2D eigenvalue weighted by Gasteiger charge is -2.36. The first-order chi connectivity index (χ1) is 12.9. The standard InChI is InChI=1S/C21H29N3O3/c1-6-18-19(14(2)23-27-18)17-9-7-8-16(22-17)15-10-12-24(13-11-15)20(25)21(3,4)26-5/h7-9,15H,6,10-13H2,1-5H3. The number of carbonyl (C=O) groups excluding carboxylic acids is 1. The molecule has 0 atom stereocenters. The van der Waals surface area contributed by atoms with Crippen LogP contribution < -0.4 is 0 Å². The zero-order valence-corrected chi connectivity index (χ0v) is 16.9. The van der Waals surface area contributed by atoms with E-state index in [0.29, 0.717) is 5.92 Å². The van der Waals surface area contributed by atoms with Gasteiger partial charge in [-0.3, -0.25) is 9.78 Å². The van der Waals surface area contributed by atoms with E-state index in [0.717, 1.165) is 60.8 Å². The third kappa shape index (κ3) is 3.90. The number of nitrogens with zero attached hydrogens (tertiary/aromatic N) is 3. The Bertz CT molecular complexity index is 805. The number of amides is 1. The van der Waals surface area contributed by atoms with Gasteiger partial charge in [0.05, 0.1) is 17.0 Å². The summed E-state index contributed by atoms with van der Waals surface area (Å²) in [5, 5.41) is 4.10. The number of carbonyl (C=O) groups is 1. The van der Waals surface area contributed by atoms with Crippen molar-refractivity contribution in [2.24, 2.45) is 0 Å². The minimum atomic E-state index is -0.770. The number of piperidine rings is 1. The Hall–Kier alpha value is -2.21. The molecule has 0 spiro atoms. The molecule has 2 aromatic heterocycles. The molecular formula is C21H29N3O3. The van der Waals surface area contributed by atoms with Crippen LogP contribution in [0.1, 0.15) is 56.7 Å². The van der Waals surface area contributed by atoms with Crippen molar-refractivity contribution in [2.75, 3.05) is 20.2 Å². The van der Waals surface area contributed by atoms with Crippen LogP contribution in [-0.4, -0.2) is 46.7 Å². The number of methoxy groups -OCH3 is 1. The Balaban J connectivity index is 1.74. The summed E-state index contributed by atoms with van der Waals surface area (Å²) in [6, 6.07) is 6.15. The third-order valence-corrected chi connectivity index (χ3v) is 5.51. The first-order valence-electron chi connectivity index (χ1n) is 9.64. The fourth-order valence-corrected chi connectivity index (χ4v) is 3.65. The normalized spacial score (nSPS) is 16.0. The van der Waals surface area contributed by atoms with Gasteiger partial charge in [0.1, 0.15) is 11.4 Å². The highest BCUT2D eigenvalue weighted by molar-refractivity contribution is 5.84. The molecule has 0 saturated carbocycles. The van der Waals surface area contributed by atoms with Gasteiger partial charge in [-0.25, -0.2) is 0 Å². The van der Waals surface area contributed by atoms with E-state index in [9.17, 15) is 4.79 Å². The quantitative estimate of drug-likeness (QED) is 0.801. The molecule has 0 aromatic carbocycles. The van der Waals surface area contributed by atoms with Crippen molar-refractivity contribution in [3.8, 4) is 11.3 Å². The molecule has 0 unspecified atom stereocenters. The monoisotopic (exact) mass is 371 g/mol. The molecule has 3 heterocycles. The van der Waals surface area contributed by atoms with Gasteiger partial charge in [-0.05, 0) is 45.7 Å².